The first-order valence-corrected chi connectivity index (χ1v) is 9.43. The second-order valence-electron chi connectivity index (χ2n) is 6.87. The molecule has 21 heavy (non-hydrogen) atoms. The highest BCUT2D eigenvalue weighted by molar-refractivity contribution is 5.75. The first-order chi connectivity index (χ1) is 10.2. The highest BCUT2D eigenvalue weighted by Crippen LogP contribution is 2.38. The van der Waals surface area contributed by atoms with Crippen molar-refractivity contribution < 1.29 is 4.79 Å². The van der Waals surface area contributed by atoms with E-state index in [-0.39, 0.29) is 0 Å². The predicted molar refractivity (Wildman–Crippen MR) is 92.6 cm³/mol. The van der Waals surface area contributed by atoms with Crippen molar-refractivity contribution in [2.24, 2.45) is 0 Å². The summed E-state index contributed by atoms with van der Waals surface area (Å²) in [6.07, 6.45) is 19.8. The lowest BCUT2D eigenvalue weighted by atomic mass is 10.1. The maximum absolute atomic E-state index is 10.8. The van der Waals surface area contributed by atoms with Crippen molar-refractivity contribution in [2.75, 3.05) is 0 Å². The Hall–Kier alpha value is -0.590. The van der Waals surface area contributed by atoms with E-state index in [1.54, 1.807) is 18.1 Å². The fourth-order valence-electron chi connectivity index (χ4n) is 3.11. The summed E-state index contributed by atoms with van der Waals surface area (Å²) in [6.45, 7) is 3.98. The zero-order valence-electron chi connectivity index (χ0n) is 14.5. The lowest BCUT2D eigenvalue weighted by molar-refractivity contribution is -0.117. The van der Waals surface area contributed by atoms with Crippen molar-refractivity contribution in [3.63, 3.8) is 0 Å². The smallest absolute Gasteiger partial charge is 0.129 e. The van der Waals surface area contributed by atoms with Crippen LogP contribution in [0.5, 0.6) is 0 Å². The third kappa shape index (κ3) is 10.7. The van der Waals surface area contributed by atoms with Crippen LogP contribution in [-0.2, 0) is 4.79 Å². The first kappa shape index (κ1) is 18.5. The van der Waals surface area contributed by atoms with Crippen LogP contribution in [0.1, 0.15) is 110 Å². The number of rotatable bonds is 15. The van der Waals surface area contributed by atoms with Crippen LogP contribution in [-0.4, -0.2) is 5.78 Å². The van der Waals surface area contributed by atoms with Crippen LogP contribution in [0.2, 0.25) is 0 Å². The number of carbonyl (C=O) groups excluding carboxylic acids is 1. The fraction of sp³-hybridized carbons (Fsp3) is 0.850. The molecule has 0 spiro atoms. The quantitative estimate of drug-likeness (QED) is 0.241. The monoisotopic (exact) mass is 292 g/mol. The van der Waals surface area contributed by atoms with Gasteiger partial charge < -0.3 is 4.79 Å². The molecule has 0 fully saturated rings. The van der Waals surface area contributed by atoms with Gasteiger partial charge in [0.15, 0.2) is 0 Å². The fourth-order valence-corrected chi connectivity index (χ4v) is 3.11. The van der Waals surface area contributed by atoms with Gasteiger partial charge in [-0.1, -0.05) is 69.4 Å². The minimum atomic E-state index is 0.345. The molecule has 0 aliphatic heterocycles. The van der Waals surface area contributed by atoms with Gasteiger partial charge in [-0.25, -0.2) is 0 Å². The zero-order valence-corrected chi connectivity index (χ0v) is 14.5. The van der Waals surface area contributed by atoms with Gasteiger partial charge in [0.1, 0.15) is 5.78 Å². The molecule has 0 bridgehead atoms. The Kier molecular flexibility index (Phi) is 10.6. The molecule has 0 N–H and O–H groups in total. The van der Waals surface area contributed by atoms with Crippen molar-refractivity contribution in [3.8, 4) is 0 Å². The van der Waals surface area contributed by atoms with E-state index in [1.807, 2.05) is 0 Å². The number of ketones is 1. The molecule has 0 saturated carbocycles. The Balaban J connectivity index is 1.84. The van der Waals surface area contributed by atoms with Crippen LogP contribution >= 0.6 is 0 Å². The zero-order chi connectivity index (χ0) is 15.3. The molecular formula is C20H36O. The van der Waals surface area contributed by atoms with Gasteiger partial charge in [-0.3, -0.25) is 0 Å². The van der Waals surface area contributed by atoms with Crippen molar-refractivity contribution in [1.82, 2.24) is 0 Å². The highest BCUT2D eigenvalue weighted by atomic mass is 16.1. The van der Waals surface area contributed by atoms with Gasteiger partial charge in [0.25, 0.3) is 0 Å². The summed E-state index contributed by atoms with van der Waals surface area (Å²) in [7, 11) is 0. The molecule has 1 aliphatic rings. The van der Waals surface area contributed by atoms with Crippen molar-refractivity contribution in [2.45, 2.75) is 110 Å². The third-order valence-corrected chi connectivity index (χ3v) is 4.64. The maximum Gasteiger partial charge on any atom is 0.129 e. The van der Waals surface area contributed by atoms with E-state index in [4.69, 9.17) is 0 Å². The van der Waals surface area contributed by atoms with E-state index < -0.39 is 0 Å². The molecule has 0 aromatic rings. The molecule has 122 valence electrons. The Morgan fingerprint density at radius 2 is 1.24 bits per heavy atom. The highest BCUT2D eigenvalue weighted by Gasteiger charge is 2.19. The lowest BCUT2D eigenvalue weighted by Gasteiger charge is -1.99. The van der Waals surface area contributed by atoms with Gasteiger partial charge in [0.05, 0.1) is 0 Å². The van der Waals surface area contributed by atoms with E-state index in [0.717, 1.165) is 12.8 Å². The molecular weight excluding hydrogens is 256 g/mol. The van der Waals surface area contributed by atoms with E-state index in [1.165, 1.54) is 83.5 Å². The number of hydrogen-bond donors (Lipinski definition) is 0. The van der Waals surface area contributed by atoms with Gasteiger partial charge in [0, 0.05) is 6.42 Å². The molecule has 0 aromatic heterocycles. The number of unbranched alkanes of at least 4 members (excludes halogenated alkanes) is 9. The van der Waals surface area contributed by atoms with Gasteiger partial charge in [0.2, 0.25) is 0 Å². The van der Waals surface area contributed by atoms with Gasteiger partial charge in [-0.2, -0.15) is 0 Å². The van der Waals surface area contributed by atoms with E-state index in [0.29, 0.717) is 5.78 Å². The van der Waals surface area contributed by atoms with E-state index in [2.05, 4.69) is 6.92 Å². The van der Waals surface area contributed by atoms with Crippen molar-refractivity contribution >= 4 is 5.78 Å². The summed E-state index contributed by atoms with van der Waals surface area (Å²) >= 11 is 0. The number of carbonyl (C=O) groups is 1. The van der Waals surface area contributed by atoms with E-state index >= 15 is 0 Å². The molecule has 0 amide bonds. The third-order valence-electron chi connectivity index (χ3n) is 4.64. The molecule has 1 aliphatic carbocycles. The number of hydrogen-bond acceptors (Lipinski definition) is 1. The standard InChI is InChI=1S/C20H36O/c1-3-4-5-6-9-12-15-19-17-20(19)16-13-10-7-8-11-14-18(2)21/h3-17H2,1-2H3. The minimum Gasteiger partial charge on any atom is -0.300 e. The average Bonchev–Trinajstić information content (AvgIpc) is 3.20. The molecule has 0 aromatic carbocycles. The van der Waals surface area contributed by atoms with Crippen LogP contribution in [0.25, 0.3) is 0 Å². The normalized spacial score (nSPS) is 13.8. The summed E-state index contributed by atoms with van der Waals surface area (Å²) in [6, 6.07) is 0. The summed E-state index contributed by atoms with van der Waals surface area (Å²) in [5, 5.41) is 0. The second kappa shape index (κ2) is 12.0. The van der Waals surface area contributed by atoms with Gasteiger partial charge in [-0.15, -0.1) is 0 Å². The van der Waals surface area contributed by atoms with Crippen LogP contribution in [0.4, 0.5) is 0 Å². The van der Waals surface area contributed by atoms with Gasteiger partial charge >= 0.3 is 0 Å². The van der Waals surface area contributed by atoms with Gasteiger partial charge in [-0.05, 0) is 45.4 Å². The van der Waals surface area contributed by atoms with E-state index in [9.17, 15) is 4.79 Å². The topological polar surface area (TPSA) is 17.1 Å². The number of Topliss-reactive ketones (excluding diaryl/α,β-unsaturated/α-hetero) is 1. The SMILES string of the molecule is CCCCCCCCC1=C(CCCCCCCC(C)=O)C1. The summed E-state index contributed by atoms with van der Waals surface area (Å²) in [5.74, 6) is 0.345. The Labute approximate surface area is 132 Å². The van der Waals surface area contributed by atoms with Crippen molar-refractivity contribution in [3.05, 3.63) is 11.1 Å². The molecule has 1 heteroatoms. The molecule has 0 unspecified atom stereocenters. The Morgan fingerprint density at radius 1 is 0.762 bits per heavy atom. The second-order valence-corrected chi connectivity index (χ2v) is 6.87. The number of allylic oxidation sites excluding steroid dienone is 2. The molecule has 0 saturated heterocycles. The lowest BCUT2D eigenvalue weighted by Crippen LogP contribution is -1.89. The maximum atomic E-state index is 10.8. The Morgan fingerprint density at radius 3 is 1.76 bits per heavy atom. The molecule has 0 atom stereocenters. The van der Waals surface area contributed by atoms with Crippen LogP contribution < -0.4 is 0 Å². The predicted octanol–water partition coefficient (Wildman–Crippen LogP) is 6.76. The van der Waals surface area contributed by atoms with Crippen LogP contribution in [0, 0.1) is 0 Å². The van der Waals surface area contributed by atoms with Crippen LogP contribution in [0.15, 0.2) is 11.1 Å². The molecule has 0 radical (unpaired) electrons. The minimum absolute atomic E-state index is 0.345. The Bertz CT molecular complexity index is 314. The largest absolute Gasteiger partial charge is 0.300 e. The summed E-state index contributed by atoms with van der Waals surface area (Å²) in [5.41, 5.74) is 3.58. The molecule has 1 nitrogen and oxygen atoms in total. The van der Waals surface area contributed by atoms with Crippen molar-refractivity contribution in [1.29, 1.82) is 0 Å². The summed E-state index contributed by atoms with van der Waals surface area (Å²) < 4.78 is 0. The van der Waals surface area contributed by atoms with Crippen LogP contribution in [0.3, 0.4) is 0 Å². The molecule has 0 heterocycles. The first-order valence-electron chi connectivity index (χ1n) is 9.43. The molecule has 1 rings (SSSR count). The average molecular weight is 293 g/mol. The summed E-state index contributed by atoms with van der Waals surface area (Å²) in [4.78, 5) is 10.8.